The lowest BCUT2D eigenvalue weighted by Crippen LogP contribution is -2.27. The third-order valence-corrected chi connectivity index (χ3v) is 2.75. The van der Waals surface area contributed by atoms with Crippen molar-refractivity contribution in [2.45, 2.75) is 25.8 Å². The van der Waals surface area contributed by atoms with E-state index in [4.69, 9.17) is 0 Å². The van der Waals surface area contributed by atoms with Crippen molar-refractivity contribution in [1.29, 1.82) is 0 Å². The number of hydrogen-bond donors (Lipinski definition) is 1. The number of allylic oxidation sites excluding steroid dienone is 3. The third-order valence-electron chi connectivity index (χ3n) is 2.75. The number of rotatable bonds is 3. The van der Waals surface area contributed by atoms with Crippen molar-refractivity contribution in [1.82, 2.24) is 4.90 Å². The highest BCUT2D eigenvalue weighted by molar-refractivity contribution is 5.33. The number of nitrogens with zero attached hydrogens (tertiary/aromatic N) is 1. The number of likely N-dealkylation sites (N-methyl/N-ethyl adjacent to an activating group) is 1. The second-order valence-corrected chi connectivity index (χ2v) is 3.67. The standard InChI is InChI=1S/C12H19NO/c1-4-7-10(12(14)5-2)11-8-6-9-13(11)3/h4-5,7,11,14H,1,6,8-9H2,2-3H3/b10-7-,12-5+. The minimum absolute atomic E-state index is 0.351. The average molecular weight is 193 g/mol. The fourth-order valence-corrected chi connectivity index (χ4v) is 1.96. The summed E-state index contributed by atoms with van der Waals surface area (Å²) in [6.45, 7) is 6.64. The van der Waals surface area contributed by atoms with Crippen LogP contribution in [0.25, 0.3) is 0 Å². The lowest BCUT2D eigenvalue weighted by atomic mass is 10.0. The van der Waals surface area contributed by atoms with Crippen LogP contribution < -0.4 is 0 Å². The van der Waals surface area contributed by atoms with Crippen LogP contribution in [0.2, 0.25) is 0 Å². The summed E-state index contributed by atoms with van der Waals surface area (Å²) in [7, 11) is 2.09. The van der Waals surface area contributed by atoms with Crippen molar-refractivity contribution in [3.8, 4) is 0 Å². The van der Waals surface area contributed by atoms with Gasteiger partial charge in [0.15, 0.2) is 0 Å². The normalized spacial score (nSPS) is 25.4. The van der Waals surface area contributed by atoms with Crippen LogP contribution >= 0.6 is 0 Å². The van der Waals surface area contributed by atoms with E-state index in [9.17, 15) is 5.11 Å². The first-order chi connectivity index (χ1) is 6.70. The topological polar surface area (TPSA) is 23.5 Å². The molecule has 0 aliphatic carbocycles. The Bertz CT molecular complexity index is 265. The van der Waals surface area contributed by atoms with Gasteiger partial charge in [-0.05, 0) is 39.4 Å². The second kappa shape index (κ2) is 5.01. The van der Waals surface area contributed by atoms with Crippen molar-refractivity contribution >= 4 is 0 Å². The minimum atomic E-state index is 0.351. The Morgan fingerprint density at radius 2 is 2.29 bits per heavy atom. The fraction of sp³-hybridized carbons (Fsp3) is 0.500. The van der Waals surface area contributed by atoms with Crippen LogP contribution in [0.4, 0.5) is 0 Å². The van der Waals surface area contributed by atoms with Gasteiger partial charge in [0, 0.05) is 11.6 Å². The van der Waals surface area contributed by atoms with Crippen LogP contribution in [0.1, 0.15) is 19.8 Å². The highest BCUT2D eigenvalue weighted by atomic mass is 16.3. The van der Waals surface area contributed by atoms with Gasteiger partial charge >= 0.3 is 0 Å². The Morgan fingerprint density at radius 1 is 1.57 bits per heavy atom. The molecule has 1 rings (SSSR count). The molecule has 2 nitrogen and oxygen atoms in total. The van der Waals surface area contributed by atoms with Crippen molar-refractivity contribution in [3.63, 3.8) is 0 Å². The predicted octanol–water partition coefficient (Wildman–Crippen LogP) is 2.65. The maximum atomic E-state index is 9.75. The lowest BCUT2D eigenvalue weighted by Gasteiger charge is -2.22. The Morgan fingerprint density at radius 3 is 2.71 bits per heavy atom. The molecule has 1 saturated heterocycles. The second-order valence-electron chi connectivity index (χ2n) is 3.67. The zero-order valence-electron chi connectivity index (χ0n) is 9.03. The maximum Gasteiger partial charge on any atom is 0.116 e. The van der Waals surface area contributed by atoms with Crippen LogP contribution in [0, 0.1) is 0 Å². The third kappa shape index (κ3) is 2.26. The molecule has 0 aromatic heterocycles. The molecular weight excluding hydrogens is 174 g/mol. The van der Waals surface area contributed by atoms with Crippen LogP contribution in [0.5, 0.6) is 0 Å². The average Bonchev–Trinajstić information content (AvgIpc) is 2.60. The summed E-state index contributed by atoms with van der Waals surface area (Å²) in [6.07, 6.45) is 7.70. The first kappa shape index (κ1) is 11.1. The van der Waals surface area contributed by atoms with Gasteiger partial charge in [-0.3, -0.25) is 4.90 Å². The first-order valence-electron chi connectivity index (χ1n) is 5.09. The molecule has 1 N–H and O–H groups in total. The predicted molar refractivity (Wildman–Crippen MR) is 60.3 cm³/mol. The molecule has 0 spiro atoms. The molecule has 0 radical (unpaired) electrons. The molecular formula is C12H19NO. The van der Waals surface area contributed by atoms with Gasteiger partial charge < -0.3 is 5.11 Å². The summed E-state index contributed by atoms with van der Waals surface area (Å²) in [5.41, 5.74) is 0.988. The number of likely N-dealkylation sites (tertiary alicyclic amines) is 1. The Balaban J connectivity index is 2.88. The van der Waals surface area contributed by atoms with Gasteiger partial charge in [-0.1, -0.05) is 18.7 Å². The Kier molecular flexibility index (Phi) is 3.96. The van der Waals surface area contributed by atoms with Gasteiger partial charge in [-0.15, -0.1) is 0 Å². The number of aliphatic hydroxyl groups excluding tert-OH is 1. The molecule has 1 fully saturated rings. The minimum Gasteiger partial charge on any atom is -0.508 e. The van der Waals surface area contributed by atoms with Crippen molar-refractivity contribution in [2.75, 3.05) is 13.6 Å². The van der Waals surface area contributed by atoms with Crippen LogP contribution in [0.3, 0.4) is 0 Å². The van der Waals surface area contributed by atoms with Gasteiger partial charge in [0.2, 0.25) is 0 Å². The fourth-order valence-electron chi connectivity index (χ4n) is 1.96. The molecule has 1 aliphatic rings. The van der Waals surface area contributed by atoms with E-state index in [0.717, 1.165) is 18.5 Å². The van der Waals surface area contributed by atoms with Gasteiger partial charge in [0.05, 0.1) is 0 Å². The van der Waals surface area contributed by atoms with Crippen LogP contribution in [-0.2, 0) is 0 Å². The van der Waals surface area contributed by atoms with Crippen LogP contribution in [0.15, 0.2) is 36.1 Å². The maximum absolute atomic E-state index is 9.75. The van der Waals surface area contributed by atoms with Crippen molar-refractivity contribution < 1.29 is 5.11 Å². The molecule has 0 amide bonds. The van der Waals surface area contributed by atoms with Crippen LogP contribution in [-0.4, -0.2) is 29.6 Å². The molecule has 0 aromatic rings. The van der Waals surface area contributed by atoms with E-state index in [0.29, 0.717) is 11.8 Å². The van der Waals surface area contributed by atoms with E-state index in [-0.39, 0.29) is 0 Å². The van der Waals surface area contributed by atoms with E-state index < -0.39 is 0 Å². The summed E-state index contributed by atoms with van der Waals surface area (Å²) in [5.74, 6) is 0.378. The monoisotopic (exact) mass is 193 g/mol. The highest BCUT2D eigenvalue weighted by Gasteiger charge is 2.25. The molecule has 1 atom stereocenters. The van der Waals surface area contributed by atoms with Gasteiger partial charge in [0.25, 0.3) is 0 Å². The summed E-state index contributed by atoms with van der Waals surface area (Å²) >= 11 is 0. The summed E-state index contributed by atoms with van der Waals surface area (Å²) in [6, 6.07) is 0.351. The summed E-state index contributed by atoms with van der Waals surface area (Å²) in [4.78, 5) is 2.27. The Hall–Kier alpha value is -1.02. The first-order valence-corrected chi connectivity index (χ1v) is 5.09. The molecule has 78 valence electrons. The van der Waals surface area contributed by atoms with Crippen molar-refractivity contribution in [2.24, 2.45) is 0 Å². The lowest BCUT2D eigenvalue weighted by molar-refractivity contribution is 0.323. The zero-order valence-corrected chi connectivity index (χ0v) is 9.03. The quantitative estimate of drug-likeness (QED) is 0.550. The van der Waals surface area contributed by atoms with Gasteiger partial charge in [0.1, 0.15) is 5.76 Å². The van der Waals surface area contributed by atoms with E-state index in [1.54, 1.807) is 12.2 Å². The summed E-state index contributed by atoms with van der Waals surface area (Å²) in [5, 5.41) is 9.75. The smallest absolute Gasteiger partial charge is 0.116 e. The molecule has 14 heavy (non-hydrogen) atoms. The molecule has 1 unspecified atom stereocenters. The SMILES string of the molecule is C=C/C=C(\C(O)=C/C)C1CCCN1C. The molecule has 2 heteroatoms. The zero-order chi connectivity index (χ0) is 10.6. The Labute approximate surface area is 86.2 Å². The van der Waals surface area contributed by atoms with E-state index in [1.807, 2.05) is 13.0 Å². The van der Waals surface area contributed by atoms with Gasteiger partial charge in [-0.25, -0.2) is 0 Å². The van der Waals surface area contributed by atoms with Gasteiger partial charge in [-0.2, -0.15) is 0 Å². The molecule has 1 aliphatic heterocycles. The molecule has 1 heterocycles. The number of aliphatic hydroxyl groups is 1. The van der Waals surface area contributed by atoms with E-state index >= 15 is 0 Å². The largest absolute Gasteiger partial charge is 0.508 e. The summed E-state index contributed by atoms with van der Waals surface area (Å²) < 4.78 is 0. The number of hydrogen-bond acceptors (Lipinski definition) is 2. The van der Waals surface area contributed by atoms with E-state index in [1.165, 1.54) is 6.42 Å². The molecule has 0 bridgehead atoms. The molecule has 0 saturated carbocycles. The highest BCUT2D eigenvalue weighted by Crippen LogP contribution is 2.25. The van der Waals surface area contributed by atoms with Crippen molar-refractivity contribution in [3.05, 3.63) is 36.1 Å². The van der Waals surface area contributed by atoms with E-state index in [2.05, 4.69) is 18.5 Å². The molecule has 0 aromatic carbocycles.